The van der Waals surface area contributed by atoms with E-state index >= 15 is 0 Å². The van der Waals surface area contributed by atoms with Gasteiger partial charge < -0.3 is 10.1 Å². The van der Waals surface area contributed by atoms with E-state index in [9.17, 15) is 0 Å². The Morgan fingerprint density at radius 2 is 2.15 bits per heavy atom. The van der Waals surface area contributed by atoms with Gasteiger partial charge in [-0.05, 0) is 35.6 Å². The molecule has 1 N–H and O–H groups in total. The molecule has 1 aromatic carbocycles. The number of rotatable bonds is 5. The first-order valence-electron chi connectivity index (χ1n) is 6.85. The standard InChI is InChI=1S/C16H18ClNOS/c1-19-10-12-5-3-2-4-11(12)9-18-14-6-7-15-13(14)8-16(17)20-15/h2-5,8,14,18H,6-7,9-10H2,1H3. The van der Waals surface area contributed by atoms with Crippen molar-refractivity contribution < 1.29 is 4.74 Å². The summed E-state index contributed by atoms with van der Waals surface area (Å²) >= 11 is 7.82. The molecule has 0 saturated carbocycles. The Balaban J connectivity index is 1.68. The van der Waals surface area contributed by atoms with Gasteiger partial charge in [0.05, 0.1) is 10.9 Å². The van der Waals surface area contributed by atoms with Crippen molar-refractivity contribution in [2.45, 2.75) is 32.0 Å². The Bertz CT molecular complexity index is 596. The maximum atomic E-state index is 6.10. The van der Waals surface area contributed by atoms with Crippen molar-refractivity contribution in [3.8, 4) is 0 Å². The van der Waals surface area contributed by atoms with Crippen molar-refractivity contribution >= 4 is 22.9 Å². The summed E-state index contributed by atoms with van der Waals surface area (Å²) in [6.07, 6.45) is 2.31. The van der Waals surface area contributed by atoms with Crippen LogP contribution < -0.4 is 5.32 Å². The predicted molar refractivity (Wildman–Crippen MR) is 84.4 cm³/mol. The molecule has 1 unspecified atom stereocenters. The van der Waals surface area contributed by atoms with E-state index < -0.39 is 0 Å². The number of nitrogens with one attached hydrogen (secondary N) is 1. The van der Waals surface area contributed by atoms with Gasteiger partial charge in [0.2, 0.25) is 0 Å². The number of hydrogen-bond acceptors (Lipinski definition) is 3. The number of hydrogen-bond donors (Lipinski definition) is 1. The molecule has 2 aromatic rings. The molecule has 1 aliphatic rings. The van der Waals surface area contributed by atoms with E-state index in [0.29, 0.717) is 12.6 Å². The molecule has 0 spiro atoms. The summed E-state index contributed by atoms with van der Waals surface area (Å²) in [5.41, 5.74) is 3.96. The Morgan fingerprint density at radius 1 is 1.35 bits per heavy atom. The summed E-state index contributed by atoms with van der Waals surface area (Å²) in [4.78, 5) is 1.44. The van der Waals surface area contributed by atoms with Gasteiger partial charge in [-0.3, -0.25) is 0 Å². The molecular formula is C16H18ClNOS. The lowest BCUT2D eigenvalue weighted by Crippen LogP contribution is -2.19. The molecule has 1 heterocycles. The van der Waals surface area contributed by atoms with E-state index in [2.05, 4.69) is 35.6 Å². The predicted octanol–water partition coefficient (Wildman–Crippen LogP) is 4.33. The highest BCUT2D eigenvalue weighted by molar-refractivity contribution is 7.16. The molecule has 0 bridgehead atoms. The fourth-order valence-corrected chi connectivity index (χ4v) is 4.16. The van der Waals surface area contributed by atoms with Crippen molar-refractivity contribution in [1.82, 2.24) is 5.32 Å². The number of benzene rings is 1. The Hall–Kier alpha value is -0.870. The number of aryl methyl sites for hydroxylation is 1. The van der Waals surface area contributed by atoms with Crippen LogP contribution in [0.3, 0.4) is 0 Å². The van der Waals surface area contributed by atoms with Crippen LogP contribution in [0.1, 0.15) is 34.0 Å². The number of fused-ring (bicyclic) bond motifs is 1. The second-order valence-electron chi connectivity index (χ2n) is 5.10. The van der Waals surface area contributed by atoms with E-state index in [1.54, 1.807) is 18.4 Å². The van der Waals surface area contributed by atoms with Gasteiger partial charge >= 0.3 is 0 Å². The topological polar surface area (TPSA) is 21.3 Å². The van der Waals surface area contributed by atoms with Gasteiger partial charge in [0, 0.05) is 24.6 Å². The Kier molecular flexibility index (Phi) is 4.41. The van der Waals surface area contributed by atoms with E-state index in [1.807, 2.05) is 0 Å². The first-order valence-corrected chi connectivity index (χ1v) is 8.04. The fourth-order valence-electron chi connectivity index (χ4n) is 2.80. The van der Waals surface area contributed by atoms with Crippen LogP contribution in [-0.4, -0.2) is 7.11 Å². The fraction of sp³-hybridized carbons (Fsp3) is 0.375. The van der Waals surface area contributed by atoms with Crippen LogP contribution in [0.25, 0.3) is 0 Å². The molecule has 0 saturated heterocycles. The summed E-state index contributed by atoms with van der Waals surface area (Å²) in [5.74, 6) is 0. The van der Waals surface area contributed by atoms with Crippen LogP contribution in [0.2, 0.25) is 4.34 Å². The molecule has 106 valence electrons. The molecule has 20 heavy (non-hydrogen) atoms. The third kappa shape index (κ3) is 2.91. The molecule has 3 rings (SSSR count). The average molecular weight is 308 g/mol. The zero-order chi connectivity index (χ0) is 13.9. The zero-order valence-electron chi connectivity index (χ0n) is 11.5. The van der Waals surface area contributed by atoms with Crippen molar-refractivity contribution in [2.24, 2.45) is 0 Å². The van der Waals surface area contributed by atoms with E-state index in [-0.39, 0.29) is 0 Å². The molecule has 1 aromatic heterocycles. The first kappa shape index (κ1) is 14.1. The molecule has 2 nitrogen and oxygen atoms in total. The summed E-state index contributed by atoms with van der Waals surface area (Å²) in [7, 11) is 1.74. The van der Waals surface area contributed by atoms with Crippen molar-refractivity contribution in [3.63, 3.8) is 0 Å². The van der Waals surface area contributed by atoms with Gasteiger partial charge in [0.25, 0.3) is 0 Å². The molecule has 0 aliphatic heterocycles. The lowest BCUT2D eigenvalue weighted by molar-refractivity contribution is 0.184. The van der Waals surface area contributed by atoms with E-state index in [1.165, 1.54) is 28.0 Å². The van der Waals surface area contributed by atoms with Gasteiger partial charge in [0.15, 0.2) is 0 Å². The van der Waals surface area contributed by atoms with Crippen molar-refractivity contribution in [2.75, 3.05) is 7.11 Å². The summed E-state index contributed by atoms with van der Waals surface area (Å²) in [5, 5.41) is 3.66. The third-order valence-corrected chi connectivity index (χ3v) is 5.14. The molecule has 0 fully saturated rings. The van der Waals surface area contributed by atoms with Crippen molar-refractivity contribution in [1.29, 1.82) is 0 Å². The maximum absolute atomic E-state index is 6.10. The number of methoxy groups -OCH3 is 1. The van der Waals surface area contributed by atoms with Gasteiger partial charge in [0.1, 0.15) is 0 Å². The quantitative estimate of drug-likeness (QED) is 0.888. The van der Waals surface area contributed by atoms with Gasteiger partial charge in [-0.25, -0.2) is 0 Å². The van der Waals surface area contributed by atoms with Gasteiger partial charge in [-0.1, -0.05) is 35.9 Å². The molecule has 0 amide bonds. The normalized spacial score (nSPS) is 17.4. The minimum atomic E-state index is 0.435. The monoisotopic (exact) mass is 307 g/mol. The third-order valence-electron chi connectivity index (χ3n) is 3.80. The smallest absolute Gasteiger partial charge is 0.0934 e. The van der Waals surface area contributed by atoms with Crippen molar-refractivity contribution in [3.05, 3.63) is 56.2 Å². The molecule has 4 heteroatoms. The number of thiophene rings is 1. The van der Waals surface area contributed by atoms with Crippen LogP contribution in [0.5, 0.6) is 0 Å². The first-order chi connectivity index (χ1) is 9.78. The molecule has 1 aliphatic carbocycles. The van der Waals surface area contributed by atoms with E-state index in [4.69, 9.17) is 16.3 Å². The Labute approximate surface area is 128 Å². The summed E-state index contributed by atoms with van der Waals surface area (Å²) in [6, 6.07) is 11.0. The zero-order valence-corrected chi connectivity index (χ0v) is 13.1. The highest BCUT2D eigenvalue weighted by Gasteiger charge is 2.24. The van der Waals surface area contributed by atoms with Gasteiger partial charge in [-0.15, -0.1) is 11.3 Å². The maximum Gasteiger partial charge on any atom is 0.0934 e. The van der Waals surface area contributed by atoms with Crippen LogP contribution in [0.15, 0.2) is 30.3 Å². The van der Waals surface area contributed by atoms with Crippen LogP contribution in [0.4, 0.5) is 0 Å². The minimum Gasteiger partial charge on any atom is -0.380 e. The highest BCUT2D eigenvalue weighted by Crippen LogP contribution is 2.39. The average Bonchev–Trinajstić information content (AvgIpc) is 2.98. The van der Waals surface area contributed by atoms with Crippen LogP contribution in [-0.2, 0) is 24.3 Å². The molecule has 1 atom stereocenters. The second kappa shape index (κ2) is 6.27. The number of halogens is 1. The highest BCUT2D eigenvalue weighted by atomic mass is 35.5. The largest absolute Gasteiger partial charge is 0.380 e. The Morgan fingerprint density at radius 3 is 2.95 bits per heavy atom. The lowest BCUT2D eigenvalue weighted by atomic mass is 10.1. The lowest BCUT2D eigenvalue weighted by Gasteiger charge is -2.15. The van der Waals surface area contributed by atoms with E-state index in [0.717, 1.165) is 17.3 Å². The van der Waals surface area contributed by atoms with Crippen LogP contribution >= 0.6 is 22.9 Å². The second-order valence-corrected chi connectivity index (χ2v) is 6.87. The van der Waals surface area contributed by atoms with Gasteiger partial charge in [-0.2, -0.15) is 0 Å². The summed E-state index contributed by atoms with van der Waals surface area (Å²) in [6.45, 7) is 1.54. The minimum absolute atomic E-state index is 0.435. The molecular weight excluding hydrogens is 290 g/mol. The number of ether oxygens (including phenoxy) is 1. The van der Waals surface area contributed by atoms with Crippen LogP contribution in [0, 0.1) is 0 Å². The summed E-state index contributed by atoms with van der Waals surface area (Å²) < 4.78 is 6.16. The molecule has 0 radical (unpaired) electrons. The SMILES string of the molecule is COCc1ccccc1CNC1CCc2sc(Cl)cc21.